The molecule has 0 atom stereocenters. The number of aromatic nitrogens is 4. The van der Waals surface area contributed by atoms with Crippen molar-refractivity contribution < 1.29 is 0 Å². The van der Waals surface area contributed by atoms with Crippen LogP contribution in [0.15, 0.2) is 52.5 Å². The fourth-order valence-electron chi connectivity index (χ4n) is 2.01. The molecule has 0 unspecified atom stereocenters. The second-order valence-electron chi connectivity index (χ2n) is 4.64. The van der Waals surface area contributed by atoms with E-state index < -0.39 is 0 Å². The van der Waals surface area contributed by atoms with Gasteiger partial charge in [-0.15, -0.1) is 16.9 Å². The maximum atomic E-state index is 3.96. The first-order chi connectivity index (χ1) is 10.3. The van der Waals surface area contributed by atoms with Gasteiger partial charge in [-0.05, 0) is 45.5 Å². The lowest BCUT2D eigenvalue weighted by Gasteiger charge is -2.04. The summed E-state index contributed by atoms with van der Waals surface area (Å²) in [6, 6.07) is 15.1. The molecule has 1 heterocycles. The molecule has 0 amide bonds. The molecule has 0 aliphatic carbocycles. The first-order valence-electron chi connectivity index (χ1n) is 6.80. The fraction of sp³-hybridized carbons (Fsp3) is 0.267. The lowest BCUT2D eigenvalue weighted by molar-refractivity contribution is 0.664. The summed E-state index contributed by atoms with van der Waals surface area (Å²) in [5.74, 6) is 2.14. The average molecular weight is 316 g/mol. The van der Waals surface area contributed by atoms with E-state index in [2.05, 4.69) is 58.0 Å². The largest absolute Gasteiger partial charge is 0.224 e. The molecule has 3 aromatic rings. The van der Waals surface area contributed by atoms with Crippen molar-refractivity contribution in [3.05, 3.63) is 42.5 Å². The number of nitrogens with zero attached hydrogens (tertiary/aromatic N) is 4. The molecule has 108 valence electrons. The molecule has 3 rings (SSSR count). The van der Waals surface area contributed by atoms with Crippen LogP contribution in [0.5, 0.6) is 0 Å². The highest BCUT2D eigenvalue weighted by atomic mass is 32.2. The Hall–Kier alpha value is -1.53. The summed E-state index contributed by atoms with van der Waals surface area (Å²) in [5.41, 5.74) is 0. The van der Waals surface area contributed by atoms with E-state index in [-0.39, 0.29) is 0 Å². The smallest absolute Gasteiger partial charge is 0.209 e. The van der Waals surface area contributed by atoms with Gasteiger partial charge in [-0.2, -0.15) is 0 Å². The highest BCUT2D eigenvalue weighted by Gasteiger charge is 2.02. The molecule has 0 saturated heterocycles. The standard InChI is InChI=1S/C15H16N4S2/c1-19-15(16-17-18-19)21-10-4-9-20-14-8-7-12-5-2-3-6-13(12)11-14/h2-3,5-8,11H,4,9-10H2,1H3. The lowest BCUT2D eigenvalue weighted by atomic mass is 10.1. The Balaban J connectivity index is 1.47. The van der Waals surface area contributed by atoms with Crippen molar-refractivity contribution in [2.24, 2.45) is 7.05 Å². The molecule has 0 saturated carbocycles. The Morgan fingerprint density at radius 2 is 1.81 bits per heavy atom. The van der Waals surface area contributed by atoms with Gasteiger partial charge in [-0.25, -0.2) is 4.68 Å². The van der Waals surface area contributed by atoms with Gasteiger partial charge in [0.25, 0.3) is 0 Å². The second kappa shape index (κ2) is 6.95. The number of benzene rings is 2. The van der Waals surface area contributed by atoms with Crippen LogP contribution in [0, 0.1) is 0 Å². The molecular formula is C15H16N4S2. The molecule has 0 aliphatic rings. The van der Waals surface area contributed by atoms with Gasteiger partial charge in [0.05, 0.1) is 0 Å². The summed E-state index contributed by atoms with van der Waals surface area (Å²) in [6.45, 7) is 0. The number of rotatable bonds is 6. The zero-order valence-corrected chi connectivity index (χ0v) is 13.4. The third-order valence-electron chi connectivity index (χ3n) is 3.09. The molecular weight excluding hydrogens is 300 g/mol. The summed E-state index contributed by atoms with van der Waals surface area (Å²) in [5, 5.41) is 14.9. The Morgan fingerprint density at radius 3 is 2.62 bits per heavy atom. The minimum Gasteiger partial charge on any atom is -0.224 e. The van der Waals surface area contributed by atoms with E-state index >= 15 is 0 Å². The van der Waals surface area contributed by atoms with E-state index in [1.807, 2.05) is 18.8 Å². The highest BCUT2D eigenvalue weighted by molar-refractivity contribution is 8.00. The summed E-state index contributed by atoms with van der Waals surface area (Å²) >= 11 is 3.61. The Kier molecular flexibility index (Phi) is 4.77. The van der Waals surface area contributed by atoms with Crippen LogP contribution >= 0.6 is 23.5 Å². The van der Waals surface area contributed by atoms with Crippen LogP contribution in [-0.2, 0) is 7.05 Å². The monoisotopic (exact) mass is 316 g/mol. The van der Waals surface area contributed by atoms with Crippen molar-refractivity contribution in [1.82, 2.24) is 20.2 Å². The predicted molar refractivity (Wildman–Crippen MR) is 88.8 cm³/mol. The first-order valence-corrected chi connectivity index (χ1v) is 8.77. The van der Waals surface area contributed by atoms with Crippen LogP contribution in [0.2, 0.25) is 0 Å². The van der Waals surface area contributed by atoms with Gasteiger partial charge < -0.3 is 0 Å². The summed E-state index contributed by atoms with van der Waals surface area (Å²) in [6.07, 6.45) is 1.13. The van der Waals surface area contributed by atoms with Gasteiger partial charge in [0.15, 0.2) is 0 Å². The topological polar surface area (TPSA) is 43.6 Å². The van der Waals surface area contributed by atoms with E-state index in [1.54, 1.807) is 16.4 Å². The molecule has 1 aromatic heterocycles. The molecule has 0 fully saturated rings. The molecule has 21 heavy (non-hydrogen) atoms. The Morgan fingerprint density at radius 1 is 1.00 bits per heavy atom. The maximum absolute atomic E-state index is 3.96. The summed E-state index contributed by atoms with van der Waals surface area (Å²) in [4.78, 5) is 1.33. The molecule has 0 aliphatic heterocycles. The minimum atomic E-state index is 0.880. The van der Waals surface area contributed by atoms with Gasteiger partial charge in [0, 0.05) is 17.7 Å². The first kappa shape index (κ1) is 14.4. The minimum absolute atomic E-state index is 0.880. The average Bonchev–Trinajstić information content (AvgIpc) is 2.92. The Bertz CT molecular complexity index is 726. The van der Waals surface area contributed by atoms with Crippen molar-refractivity contribution in [2.75, 3.05) is 11.5 Å². The van der Waals surface area contributed by atoms with Gasteiger partial charge in [0.1, 0.15) is 0 Å². The van der Waals surface area contributed by atoms with Gasteiger partial charge in [-0.1, -0.05) is 42.1 Å². The molecule has 0 radical (unpaired) electrons. The van der Waals surface area contributed by atoms with E-state index in [0.29, 0.717) is 0 Å². The maximum Gasteiger partial charge on any atom is 0.209 e. The number of tetrazole rings is 1. The second-order valence-corrected chi connectivity index (χ2v) is 6.87. The van der Waals surface area contributed by atoms with Gasteiger partial charge in [-0.3, -0.25) is 0 Å². The van der Waals surface area contributed by atoms with Gasteiger partial charge >= 0.3 is 0 Å². The molecule has 4 nitrogen and oxygen atoms in total. The number of hydrogen-bond acceptors (Lipinski definition) is 5. The van der Waals surface area contributed by atoms with Crippen molar-refractivity contribution >= 4 is 34.3 Å². The van der Waals surface area contributed by atoms with Crippen LogP contribution in [0.25, 0.3) is 10.8 Å². The van der Waals surface area contributed by atoms with E-state index in [9.17, 15) is 0 Å². The van der Waals surface area contributed by atoms with Crippen LogP contribution in [0.4, 0.5) is 0 Å². The summed E-state index contributed by atoms with van der Waals surface area (Å²) in [7, 11) is 1.87. The molecule has 2 aromatic carbocycles. The number of aryl methyl sites for hydroxylation is 1. The van der Waals surface area contributed by atoms with Crippen LogP contribution < -0.4 is 0 Å². The van der Waals surface area contributed by atoms with Crippen molar-refractivity contribution in [3.63, 3.8) is 0 Å². The van der Waals surface area contributed by atoms with Gasteiger partial charge in [0.2, 0.25) is 5.16 Å². The van der Waals surface area contributed by atoms with Crippen LogP contribution in [0.3, 0.4) is 0 Å². The van der Waals surface area contributed by atoms with Crippen molar-refractivity contribution in [2.45, 2.75) is 16.5 Å². The molecule has 6 heteroatoms. The number of thioether (sulfide) groups is 2. The fourth-order valence-corrected chi connectivity index (χ4v) is 3.88. The van der Waals surface area contributed by atoms with E-state index in [1.165, 1.54) is 15.7 Å². The number of hydrogen-bond donors (Lipinski definition) is 0. The zero-order valence-electron chi connectivity index (χ0n) is 11.8. The zero-order chi connectivity index (χ0) is 14.5. The SMILES string of the molecule is Cn1nnnc1SCCCSc1ccc2ccccc2c1. The summed E-state index contributed by atoms with van der Waals surface area (Å²) < 4.78 is 1.71. The quantitative estimate of drug-likeness (QED) is 0.513. The predicted octanol–water partition coefficient (Wildman–Crippen LogP) is 3.64. The molecule has 0 N–H and O–H groups in total. The third-order valence-corrected chi connectivity index (χ3v) is 5.27. The molecule has 0 spiro atoms. The number of fused-ring (bicyclic) bond motifs is 1. The molecule has 0 bridgehead atoms. The van der Waals surface area contributed by atoms with Crippen LogP contribution in [-0.4, -0.2) is 31.7 Å². The Labute approximate surface area is 132 Å². The normalized spacial score (nSPS) is 11.1. The third kappa shape index (κ3) is 3.77. The lowest BCUT2D eigenvalue weighted by Crippen LogP contribution is -1.94. The van der Waals surface area contributed by atoms with E-state index in [0.717, 1.165) is 23.1 Å². The van der Waals surface area contributed by atoms with Crippen molar-refractivity contribution in [1.29, 1.82) is 0 Å². The van der Waals surface area contributed by atoms with Crippen molar-refractivity contribution in [3.8, 4) is 0 Å². The highest BCUT2D eigenvalue weighted by Crippen LogP contribution is 2.25. The van der Waals surface area contributed by atoms with Crippen LogP contribution in [0.1, 0.15) is 6.42 Å². The van der Waals surface area contributed by atoms with E-state index in [4.69, 9.17) is 0 Å².